The topological polar surface area (TPSA) is 81.9 Å². The van der Waals surface area contributed by atoms with Gasteiger partial charge in [0.1, 0.15) is 11.9 Å². The van der Waals surface area contributed by atoms with Crippen LogP contribution in [-0.4, -0.2) is 36.5 Å². The Balaban J connectivity index is 1.24. The normalized spacial score (nSPS) is 14.8. The van der Waals surface area contributed by atoms with Crippen LogP contribution in [0.2, 0.25) is 10.0 Å². The molecule has 8 heteroatoms. The average Bonchev–Trinajstić information content (AvgIpc) is 3.00. The highest BCUT2D eigenvalue weighted by Gasteiger charge is 2.22. The van der Waals surface area contributed by atoms with Crippen molar-refractivity contribution in [2.45, 2.75) is 70.9 Å². The van der Waals surface area contributed by atoms with Crippen molar-refractivity contribution in [2.24, 2.45) is 11.7 Å². The van der Waals surface area contributed by atoms with Gasteiger partial charge in [-0.15, -0.1) is 0 Å². The highest BCUT2D eigenvalue weighted by Crippen LogP contribution is 2.28. The molecule has 3 aromatic carbocycles. The molecule has 0 spiro atoms. The summed E-state index contributed by atoms with van der Waals surface area (Å²) < 4.78 is 11.6. The number of benzene rings is 3. The number of hydrogen-bond acceptors (Lipinski definition) is 5. The number of carbonyl (C=O) groups is 2. The molecule has 43 heavy (non-hydrogen) atoms. The molecule has 1 heterocycles. The van der Waals surface area contributed by atoms with Crippen LogP contribution in [0.5, 0.6) is 5.75 Å². The van der Waals surface area contributed by atoms with Gasteiger partial charge in [-0.3, -0.25) is 9.69 Å². The van der Waals surface area contributed by atoms with E-state index in [1.165, 1.54) is 24.8 Å². The number of amides is 1. The van der Waals surface area contributed by atoms with Crippen LogP contribution < -0.4 is 10.5 Å². The second-order valence-corrected chi connectivity index (χ2v) is 12.2. The first kappa shape index (κ1) is 32.8. The Hall–Kier alpha value is -3.06. The number of halogens is 2. The SMILES string of the molecule is CCCCCCC[C@H](OC(N)=O)c1cccc(CN2CCC(COc3ccc(C(=O)c4ccc(Cl)cc4)c(Cl)c3)CC2)c1. The number of ether oxygens (including phenoxy) is 2. The second kappa shape index (κ2) is 16.7. The van der Waals surface area contributed by atoms with Crippen LogP contribution in [0.3, 0.4) is 0 Å². The first-order valence-corrected chi connectivity index (χ1v) is 16.1. The predicted molar refractivity (Wildman–Crippen MR) is 173 cm³/mol. The lowest BCUT2D eigenvalue weighted by atomic mass is 9.96. The quantitative estimate of drug-likeness (QED) is 0.135. The number of ketones is 1. The van der Waals surface area contributed by atoms with Gasteiger partial charge in [0.2, 0.25) is 0 Å². The fourth-order valence-corrected chi connectivity index (χ4v) is 5.95. The minimum atomic E-state index is -0.724. The summed E-state index contributed by atoms with van der Waals surface area (Å²) in [5.41, 5.74) is 8.59. The average molecular weight is 626 g/mol. The molecule has 230 valence electrons. The van der Waals surface area contributed by atoms with Crippen LogP contribution in [0.1, 0.15) is 91.4 Å². The molecule has 0 radical (unpaired) electrons. The van der Waals surface area contributed by atoms with Crippen molar-refractivity contribution >= 4 is 35.1 Å². The Bertz CT molecular complexity index is 1340. The predicted octanol–water partition coefficient (Wildman–Crippen LogP) is 9.01. The van der Waals surface area contributed by atoms with Crippen molar-refractivity contribution in [3.63, 3.8) is 0 Å². The van der Waals surface area contributed by atoms with Crippen LogP contribution in [0.15, 0.2) is 66.7 Å². The van der Waals surface area contributed by atoms with Crippen molar-refractivity contribution in [1.29, 1.82) is 0 Å². The number of primary amides is 1. The maximum Gasteiger partial charge on any atom is 0.405 e. The number of carbonyl (C=O) groups excluding carboxylic acids is 2. The summed E-state index contributed by atoms with van der Waals surface area (Å²) in [6.45, 7) is 5.61. The molecule has 1 fully saturated rings. The minimum absolute atomic E-state index is 0.149. The molecule has 1 atom stereocenters. The van der Waals surface area contributed by atoms with Crippen molar-refractivity contribution in [2.75, 3.05) is 19.7 Å². The molecule has 0 aliphatic carbocycles. The highest BCUT2D eigenvalue weighted by molar-refractivity contribution is 6.35. The molecule has 0 saturated carbocycles. The number of likely N-dealkylation sites (tertiary alicyclic amines) is 1. The summed E-state index contributed by atoms with van der Waals surface area (Å²) in [6.07, 6.45) is 7.60. The molecule has 1 aliphatic heterocycles. The van der Waals surface area contributed by atoms with E-state index >= 15 is 0 Å². The van der Waals surface area contributed by atoms with Crippen LogP contribution in [0.4, 0.5) is 4.79 Å². The van der Waals surface area contributed by atoms with Gasteiger partial charge in [-0.2, -0.15) is 0 Å². The van der Waals surface area contributed by atoms with E-state index in [0.29, 0.717) is 39.4 Å². The molecule has 0 bridgehead atoms. The van der Waals surface area contributed by atoms with Gasteiger partial charge in [0, 0.05) is 22.7 Å². The molecule has 0 aromatic heterocycles. The number of unbranched alkanes of at least 4 members (excludes halogenated alkanes) is 4. The maximum absolute atomic E-state index is 12.8. The largest absolute Gasteiger partial charge is 0.493 e. The number of nitrogens with zero attached hydrogens (tertiary/aromatic N) is 1. The molecular weight excluding hydrogens is 583 g/mol. The van der Waals surface area contributed by atoms with E-state index in [0.717, 1.165) is 57.3 Å². The fourth-order valence-electron chi connectivity index (χ4n) is 5.57. The molecule has 3 aromatic rings. The monoisotopic (exact) mass is 624 g/mol. The molecule has 6 nitrogen and oxygen atoms in total. The zero-order valence-electron chi connectivity index (χ0n) is 24.9. The van der Waals surface area contributed by atoms with Crippen molar-refractivity contribution < 1.29 is 19.1 Å². The van der Waals surface area contributed by atoms with Crippen molar-refractivity contribution in [3.05, 3.63) is 99.0 Å². The van der Waals surface area contributed by atoms with Crippen molar-refractivity contribution in [1.82, 2.24) is 4.90 Å². The van der Waals surface area contributed by atoms with Gasteiger partial charge < -0.3 is 15.2 Å². The van der Waals surface area contributed by atoms with Gasteiger partial charge in [0.15, 0.2) is 5.78 Å². The van der Waals surface area contributed by atoms with E-state index < -0.39 is 6.09 Å². The summed E-state index contributed by atoms with van der Waals surface area (Å²) in [5.74, 6) is 0.956. The molecule has 1 amide bonds. The Morgan fingerprint density at radius 3 is 2.40 bits per heavy atom. The summed E-state index contributed by atoms with van der Waals surface area (Å²) in [4.78, 5) is 26.9. The van der Waals surface area contributed by atoms with Gasteiger partial charge in [-0.1, -0.05) is 80.1 Å². The van der Waals surface area contributed by atoms with E-state index in [-0.39, 0.29) is 11.9 Å². The minimum Gasteiger partial charge on any atom is -0.493 e. The van der Waals surface area contributed by atoms with E-state index in [4.69, 9.17) is 38.4 Å². The number of rotatable bonds is 15. The van der Waals surface area contributed by atoms with E-state index in [9.17, 15) is 9.59 Å². The standard InChI is InChI=1S/C35H42Cl2N2O4/c1-2-3-4-5-6-10-33(43-35(38)41)28-9-7-8-26(21-28)23-39-19-17-25(18-20-39)24-42-30-15-16-31(32(37)22-30)34(40)27-11-13-29(36)14-12-27/h7-9,11-16,21-22,25,33H,2-6,10,17-20,23-24H2,1H3,(H2,38,41)/t33-/m0/s1. The highest BCUT2D eigenvalue weighted by atomic mass is 35.5. The Morgan fingerprint density at radius 2 is 1.70 bits per heavy atom. The Kier molecular flexibility index (Phi) is 12.8. The summed E-state index contributed by atoms with van der Waals surface area (Å²) in [6, 6.07) is 20.4. The number of nitrogens with two attached hydrogens (primary N) is 1. The lowest BCUT2D eigenvalue weighted by Crippen LogP contribution is -2.35. The van der Waals surface area contributed by atoms with Crippen LogP contribution in [-0.2, 0) is 11.3 Å². The third-order valence-electron chi connectivity index (χ3n) is 8.04. The smallest absolute Gasteiger partial charge is 0.405 e. The molecule has 1 saturated heterocycles. The van der Waals surface area contributed by atoms with Gasteiger partial charge >= 0.3 is 6.09 Å². The van der Waals surface area contributed by atoms with Gasteiger partial charge in [-0.25, -0.2) is 4.79 Å². The van der Waals surface area contributed by atoms with E-state index in [2.05, 4.69) is 24.0 Å². The van der Waals surface area contributed by atoms with Gasteiger partial charge in [-0.05, 0) is 98.3 Å². The van der Waals surface area contributed by atoms with Crippen molar-refractivity contribution in [3.8, 4) is 5.75 Å². The molecular formula is C35H42Cl2N2O4. The molecule has 0 unspecified atom stereocenters. The second-order valence-electron chi connectivity index (χ2n) is 11.4. The van der Waals surface area contributed by atoms with Crippen LogP contribution >= 0.6 is 23.2 Å². The van der Waals surface area contributed by atoms with Crippen LogP contribution in [0, 0.1) is 5.92 Å². The maximum atomic E-state index is 12.8. The zero-order valence-corrected chi connectivity index (χ0v) is 26.4. The third-order valence-corrected chi connectivity index (χ3v) is 8.61. The molecule has 4 rings (SSSR count). The lowest BCUT2D eigenvalue weighted by molar-refractivity contribution is 0.0990. The Morgan fingerprint density at radius 1 is 0.953 bits per heavy atom. The number of hydrogen-bond donors (Lipinski definition) is 1. The Labute approximate surface area is 265 Å². The third kappa shape index (κ3) is 10.3. The van der Waals surface area contributed by atoms with E-state index in [1.807, 2.05) is 12.1 Å². The van der Waals surface area contributed by atoms with Gasteiger partial charge in [0.05, 0.1) is 11.6 Å². The molecule has 2 N–H and O–H groups in total. The zero-order chi connectivity index (χ0) is 30.6. The number of piperidine rings is 1. The first-order chi connectivity index (χ1) is 20.8. The van der Waals surface area contributed by atoms with Crippen LogP contribution in [0.25, 0.3) is 0 Å². The van der Waals surface area contributed by atoms with E-state index in [1.54, 1.807) is 42.5 Å². The fraction of sp³-hybridized carbons (Fsp3) is 0.429. The first-order valence-electron chi connectivity index (χ1n) is 15.3. The lowest BCUT2D eigenvalue weighted by Gasteiger charge is -2.32. The summed E-state index contributed by atoms with van der Waals surface area (Å²) in [7, 11) is 0. The molecule has 1 aliphatic rings. The summed E-state index contributed by atoms with van der Waals surface area (Å²) in [5, 5.41) is 0.949. The van der Waals surface area contributed by atoms with Gasteiger partial charge in [0.25, 0.3) is 0 Å². The summed E-state index contributed by atoms with van der Waals surface area (Å²) >= 11 is 12.4.